The van der Waals surface area contributed by atoms with Crippen LogP contribution in [0.25, 0.3) is 0 Å². The summed E-state index contributed by atoms with van der Waals surface area (Å²) in [5.74, 6) is 3.19. The molecule has 0 bridgehead atoms. The topological polar surface area (TPSA) is 55.8 Å². The van der Waals surface area contributed by atoms with E-state index in [0.29, 0.717) is 35.9 Å². The van der Waals surface area contributed by atoms with Gasteiger partial charge in [0.05, 0.1) is 19.6 Å². The number of fused-ring (bicyclic) bond motifs is 5. The average Bonchev–Trinajstić information content (AvgIpc) is 3.08. The Bertz CT molecular complexity index is 839. The van der Waals surface area contributed by atoms with E-state index in [1.807, 2.05) is 6.92 Å². The van der Waals surface area contributed by atoms with Crippen molar-refractivity contribution in [3.8, 4) is 0 Å². The van der Waals surface area contributed by atoms with Crippen LogP contribution in [0, 0.1) is 40.4 Å². The predicted octanol–water partition coefficient (Wildman–Crippen LogP) is 5.46. The van der Waals surface area contributed by atoms with Crippen molar-refractivity contribution in [1.82, 2.24) is 4.90 Å². The molecule has 1 heterocycles. The summed E-state index contributed by atoms with van der Waals surface area (Å²) in [6, 6.07) is 0. The number of carbonyl (C=O) groups is 2. The van der Waals surface area contributed by atoms with Gasteiger partial charge in [-0.2, -0.15) is 0 Å². The van der Waals surface area contributed by atoms with Crippen LogP contribution < -0.4 is 0 Å². The van der Waals surface area contributed by atoms with E-state index in [1.54, 1.807) is 5.57 Å². The van der Waals surface area contributed by atoms with Crippen LogP contribution in [0.3, 0.4) is 0 Å². The second-order valence-corrected chi connectivity index (χ2v) is 12.7. The fourth-order valence-electron chi connectivity index (χ4n) is 9.28. The summed E-state index contributed by atoms with van der Waals surface area (Å²) < 4.78 is 11.4. The van der Waals surface area contributed by atoms with Gasteiger partial charge in [-0.3, -0.25) is 14.5 Å². The number of carbonyl (C=O) groups excluding carboxylic acids is 2. The number of ketones is 1. The Labute approximate surface area is 218 Å². The monoisotopic (exact) mass is 507 g/mol. The maximum Gasteiger partial charge on any atom is 0.307 e. The van der Waals surface area contributed by atoms with Crippen molar-refractivity contribution in [3.63, 3.8) is 0 Å². The van der Waals surface area contributed by atoms with Gasteiger partial charge < -0.3 is 9.47 Å². The molecular weight excluding hydrogens is 462 g/mol. The van der Waals surface area contributed by atoms with Crippen LogP contribution in [0.2, 0.25) is 0 Å². The molecule has 0 spiro atoms. The molecule has 5 unspecified atom stereocenters. The van der Waals surface area contributed by atoms with Crippen LogP contribution in [0.1, 0.15) is 79.1 Å². The van der Waals surface area contributed by atoms with E-state index < -0.39 is 0 Å². The molecule has 8 atom stereocenters. The maximum absolute atomic E-state index is 12.6. The van der Waals surface area contributed by atoms with Crippen LogP contribution in [0.4, 0.5) is 0 Å². The molecule has 35 heavy (non-hydrogen) atoms. The fourth-order valence-corrected chi connectivity index (χ4v) is 9.28. The van der Waals surface area contributed by atoms with Gasteiger partial charge >= 0.3 is 5.97 Å². The standard InChI is InChI=1S/C29H45NO4.ClH/c1-19-17-25-23-6-5-21-18-22(34-26(32)9-12-30-13-15-33-16-14-30)7-10-28(21,3)24(23)8-11-29(25,4)27(19)20(2)31;/h5,19,22-25,27H,6-18H2,1-4H3;1H/t19-,22?,23?,24?,25?,27?,28+,29+;/m1./s1. The molecule has 0 aromatic carbocycles. The minimum Gasteiger partial charge on any atom is -0.462 e. The molecule has 6 heteroatoms. The van der Waals surface area contributed by atoms with Gasteiger partial charge in [-0.15, -0.1) is 12.4 Å². The molecule has 198 valence electrons. The van der Waals surface area contributed by atoms with E-state index in [2.05, 4.69) is 31.7 Å². The maximum atomic E-state index is 12.6. The van der Waals surface area contributed by atoms with Crippen LogP contribution in [0.5, 0.6) is 0 Å². The molecule has 4 aliphatic carbocycles. The first kappa shape index (κ1) is 27.1. The van der Waals surface area contributed by atoms with Crippen molar-refractivity contribution >= 4 is 24.2 Å². The van der Waals surface area contributed by atoms with Gasteiger partial charge in [-0.1, -0.05) is 32.4 Å². The lowest BCUT2D eigenvalue weighted by molar-refractivity contribution is -0.152. The SMILES string of the molecule is CC(=O)C1[C@H](C)CC2C3CC=C4CC(OC(=O)CCN5CCOCC5)CC[C@]4(C)C3CC[C@@]21C.Cl. The minimum atomic E-state index is -0.0435. The van der Waals surface area contributed by atoms with Gasteiger partial charge in [-0.25, -0.2) is 0 Å². The number of esters is 1. The Hall–Kier alpha value is -0.910. The van der Waals surface area contributed by atoms with Crippen molar-refractivity contribution in [2.75, 3.05) is 32.8 Å². The fraction of sp³-hybridized carbons (Fsp3) is 0.862. The molecule has 0 radical (unpaired) electrons. The first-order valence-corrected chi connectivity index (χ1v) is 13.9. The zero-order valence-electron chi connectivity index (χ0n) is 22.2. The summed E-state index contributed by atoms with van der Waals surface area (Å²) >= 11 is 0. The quantitative estimate of drug-likeness (QED) is 0.365. The van der Waals surface area contributed by atoms with Gasteiger partial charge in [0, 0.05) is 32.0 Å². The first-order valence-electron chi connectivity index (χ1n) is 13.9. The van der Waals surface area contributed by atoms with Crippen LogP contribution in [-0.4, -0.2) is 55.6 Å². The lowest BCUT2D eigenvalue weighted by Crippen LogP contribution is -2.51. The molecule has 0 aromatic heterocycles. The molecule has 5 nitrogen and oxygen atoms in total. The molecule has 1 aliphatic heterocycles. The molecule has 5 rings (SSSR count). The van der Waals surface area contributed by atoms with Gasteiger partial charge in [0.1, 0.15) is 11.9 Å². The number of nitrogens with zero attached hydrogens (tertiary/aromatic N) is 1. The van der Waals surface area contributed by atoms with E-state index in [0.717, 1.165) is 58.5 Å². The molecule has 1 saturated heterocycles. The second kappa shape index (κ2) is 10.5. The van der Waals surface area contributed by atoms with E-state index in [9.17, 15) is 9.59 Å². The smallest absolute Gasteiger partial charge is 0.307 e. The van der Waals surface area contributed by atoms with Crippen LogP contribution in [0.15, 0.2) is 11.6 Å². The Morgan fingerprint density at radius 3 is 2.60 bits per heavy atom. The Kier molecular flexibility index (Phi) is 8.11. The molecule has 0 N–H and O–H groups in total. The van der Waals surface area contributed by atoms with Crippen LogP contribution >= 0.6 is 12.4 Å². The van der Waals surface area contributed by atoms with E-state index in [4.69, 9.17) is 9.47 Å². The predicted molar refractivity (Wildman–Crippen MR) is 139 cm³/mol. The summed E-state index contributed by atoms with van der Waals surface area (Å²) in [5, 5.41) is 0. The summed E-state index contributed by atoms with van der Waals surface area (Å²) in [6.45, 7) is 13.2. The Morgan fingerprint density at radius 1 is 1.14 bits per heavy atom. The third-order valence-corrected chi connectivity index (χ3v) is 10.9. The van der Waals surface area contributed by atoms with Gasteiger partial charge in [0.15, 0.2) is 0 Å². The number of morpholine rings is 1. The molecule has 3 saturated carbocycles. The number of halogens is 1. The Morgan fingerprint density at radius 2 is 1.89 bits per heavy atom. The number of allylic oxidation sites excluding steroid dienone is 1. The lowest BCUT2D eigenvalue weighted by Gasteiger charge is -2.58. The van der Waals surface area contributed by atoms with Crippen molar-refractivity contribution in [1.29, 1.82) is 0 Å². The number of rotatable bonds is 5. The van der Waals surface area contributed by atoms with E-state index in [-0.39, 0.29) is 41.2 Å². The number of Topliss-reactive ketones (excluding diaryl/α,β-unsaturated/α-hetero) is 1. The molecule has 5 aliphatic rings. The zero-order valence-corrected chi connectivity index (χ0v) is 23.0. The lowest BCUT2D eigenvalue weighted by atomic mass is 9.47. The molecular formula is C29H46ClNO4. The highest BCUT2D eigenvalue weighted by molar-refractivity contribution is 5.85. The van der Waals surface area contributed by atoms with E-state index >= 15 is 0 Å². The van der Waals surface area contributed by atoms with Crippen molar-refractivity contribution < 1.29 is 19.1 Å². The highest BCUT2D eigenvalue weighted by atomic mass is 35.5. The summed E-state index contributed by atoms with van der Waals surface area (Å²) in [4.78, 5) is 27.4. The largest absolute Gasteiger partial charge is 0.462 e. The van der Waals surface area contributed by atoms with Crippen molar-refractivity contribution in [2.24, 2.45) is 40.4 Å². The highest BCUT2D eigenvalue weighted by Crippen LogP contribution is 2.67. The third-order valence-electron chi connectivity index (χ3n) is 10.9. The van der Waals surface area contributed by atoms with Crippen LogP contribution in [-0.2, 0) is 19.1 Å². The third kappa shape index (κ3) is 4.86. The van der Waals surface area contributed by atoms with Gasteiger partial charge in [-0.05, 0) is 80.0 Å². The Balaban J connectivity index is 0.00000289. The minimum absolute atomic E-state index is 0. The van der Waals surface area contributed by atoms with Gasteiger partial charge in [0.25, 0.3) is 0 Å². The number of ether oxygens (including phenoxy) is 2. The average molecular weight is 508 g/mol. The number of hydrogen-bond acceptors (Lipinski definition) is 5. The summed E-state index contributed by atoms with van der Waals surface area (Å²) in [6.07, 6.45) is 10.8. The second-order valence-electron chi connectivity index (χ2n) is 12.7. The van der Waals surface area contributed by atoms with E-state index in [1.165, 1.54) is 19.3 Å². The first-order chi connectivity index (χ1) is 16.2. The normalized spacial score (nSPS) is 43.1. The zero-order chi connectivity index (χ0) is 24.1. The van der Waals surface area contributed by atoms with Gasteiger partial charge in [0.2, 0.25) is 0 Å². The summed E-state index contributed by atoms with van der Waals surface area (Å²) in [5.41, 5.74) is 1.96. The highest BCUT2D eigenvalue weighted by Gasteiger charge is 2.61. The summed E-state index contributed by atoms with van der Waals surface area (Å²) in [7, 11) is 0. The molecule has 0 amide bonds. The number of hydrogen-bond donors (Lipinski definition) is 0. The molecule has 0 aromatic rings. The molecule has 4 fully saturated rings. The van der Waals surface area contributed by atoms with Crippen molar-refractivity contribution in [2.45, 2.75) is 85.2 Å². The van der Waals surface area contributed by atoms with Crippen molar-refractivity contribution in [3.05, 3.63) is 11.6 Å².